The van der Waals surface area contributed by atoms with Crippen molar-refractivity contribution in [2.75, 3.05) is 6.26 Å². The molecule has 0 N–H and O–H groups in total. The van der Waals surface area contributed by atoms with Crippen molar-refractivity contribution in [2.45, 2.75) is 6.61 Å². The van der Waals surface area contributed by atoms with Gasteiger partial charge in [0.15, 0.2) is 0 Å². The Kier molecular flexibility index (Phi) is 3.30. The Hall–Kier alpha value is -0.150. The van der Waals surface area contributed by atoms with Crippen LogP contribution < -0.4 is 0 Å². The highest BCUT2D eigenvalue weighted by molar-refractivity contribution is 14.1. The van der Waals surface area contributed by atoms with Crippen LogP contribution in [-0.4, -0.2) is 24.5 Å². The summed E-state index contributed by atoms with van der Waals surface area (Å²) in [6, 6.07) is 0. The van der Waals surface area contributed by atoms with Crippen molar-refractivity contribution in [3.8, 4) is 0 Å². The fourth-order valence-corrected chi connectivity index (χ4v) is 1.72. The maximum Gasteiger partial charge on any atom is 0.264 e. The van der Waals surface area contributed by atoms with E-state index in [-0.39, 0.29) is 6.61 Å². The molecule has 0 saturated heterocycles. The normalized spacial score (nSPS) is 11.9. The summed E-state index contributed by atoms with van der Waals surface area (Å²) in [4.78, 5) is 0. The molecule has 0 amide bonds. The number of nitrogens with zero attached hydrogens (tertiary/aromatic N) is 2. The first-order chi connectivity index (χ1) is 5.90. The van der Waals surface area contributed by atoms with Crippen molar-refractivity contribution < 1.29 is 12.6 Å². The third-order valence-corrected chi connectivity index (χ3v) is 2.87. The topological polar surface area (TPSA) is 61.2 Å². The zero-order valence-electron chi connectivity index (χ0n) is 7.19. The Labute approximate surface area is 90.3 Å². The highest BCUT2D eigenvalue weighted by Gasteiger charge is 2.09. The van der Waals surface area contributed by atoms with Crippen molar-refractivity contribution >= 4 is 32.7 Å². The first kappa shape index (κ1) is 10.9. The van der Waals surface area contributed by atoms with Crippen molar-refractivity contribution in [3.63, 3.8) is 0 Å². The average Bonchev–Trinajstić information content (AvgIpc) is 2.27. The van der Waals surface area contributed by atoms with Gasteiger partial charge in [-0.1, -0.05) is 0 Å². The molecule has 0 bridgehead atoms. The number of hydrogen-bond acceptors (Lipinski definition) is 4. The van der Waals surface area contributed by atoms with Crippen LogP contribution in [0.3, 0.4) is 0 Å². The molecule has 0 aliphatic rings. The van der Waals surface area contributed by atoms with Gasteiger partial charge in [0.2, 0.25) is 0 Å². The molecule has 1 aromatic rings. The van der Waals surface area contributed by atoms with Crippen molar-refractivity contribution in [3.05, 3.63) is 15.5 Å². The maximum absolute atomic E-state index is 10.7. The predicted octanol–water partition coefficient (Wildman–Crippen LogP) is 0.501. The third kappa shape index (κ3) is 3.24. The highest BCUT2D eigenvalue weighted by Crippen LogP contribution is 2.12. The number of rotatable bonds is 3. The SMILES string of the molecule is Cn1ncc(I)c1COS(C)(=O)=O. The fourth-order valence-electron chi connectivity index (χ4n) is 0.761. The van der Waals surface area contributed by atoms with Gasteiger partial charge in [-0.2, -0.15) is 13.5 Å². The van der Waals surface area contributed by atoms with Gasteiger partial charge in [-0.15, -0.1) is 0 Å². The van der Waals surface area contributed by atoms with Gasteiger partial charge in [0.1, 0.15) is 6.61 Å². The molecule has 5 nitrogen and oxygen atoms in total. The van der Waals surface area contributed by atoms with Crippen LogP contribution in [-0.2, 0) is 28.0 Å². The molecule has 7 heteroatoms. The van der Waals surface area contributed by atoms with Crippen molar-refractivity contribution in [2.24, 2.45) is 7.05 Å². The van der Waals surface area contributed by atoms with Gasteiger partial charge >= 0.3 is 0 Å². The smallest absolute Gasteiger partial charge is 0.264 e. The van der Waals surface area contributed by atoms with Gasteiger partial charge in [-0.25, -0.2) is 0 Å². The Morgan fingerprint density at radius 2 is 2.31 bits per heavy atom. The van der Waals surface area contributed by atoms with Crippen LogP contribution in [0, 0.1) is 3.57 Å². The van der Waals surface area contributed by atoms with E-state index >= 15 is 0 Å². The summed E-state index contributed by atoms with van der Waals surface area (Å²) in [6.07, 6.45) is 2.68. The Morgan fingerprint density at radius 1 is 1.69 bits per heavy atom. The zero-order chi connectivity index (χ0) is 10.1. The molecule has 1 heterocycles. The van der Waals surface area contributed by atoms with Crippen LogP contribution in [0.1, 0.15) is 5.69 Å². The first-order valence-corrected chi connectivity index (χ1v) is 6.30. The first-order valence-electron chi connectivity index (χ1n) is 3.41. The minimum atomic E-state index is -3.38. The van der Waals surface area contributed by atoms with Crippen LogP contribution in [0.5, 0.6) is 0 Å². The lowest BCUT2D eigenvalue weighted by molar-refractivity contribution is 0.300. The molecule has 0 saturated carbocycles. The molecule has 0 aliphatic heterocycles. The second-order valence-electron chi connectivity index (χ2n) is 2.53. The van der Waals surface area contributed by atoms with Crippen molar-refractivity contribution in [1.82, 2.24) is 9.78 Å². The van der Waals surface area contributed by atoms with Gasteiger partial charge in [0.25, 0.3) is 10.1 Å². The lowest BCUT2D eigenvalue weighted by atomic mass is 10.5. The van der Waals surface area contributed by atoms with E-state index in [2.05, 4.69) is 31.9 Å². The molecular formula is C6H9IN2O3S. The number of aryl methyl sites for hydroxylation is 1. The van der Waals surface area contributed by atoms with Crippen LogP contribution in [0.4, 0.5) is 0 Å². The molecule has 0 fully saturated rings. The summed E-state index contributed by atoms with van der Waals surface area (Å²) in [7, 11) is -1.64. The highest BCUT2D eigenvalue weighted by atomic mass is 127. The lowest BCUT2D eigenvalue weighted by Gasteiger charge is -2.02. The Morgan fingerprint density at radius 3 is 2.69 bits per heavy atom. The minimum absolute atomic E-state index is 0.0353. The zero-order valence-corrected chi connectivity index (χ0v) is 10.2. The molecule has 0 atom stereocenters. The molecular weight excluding hydrogens is 307 g/mol. The second kappa shape index (κ2) is 3.93. The third-order valence-electron chi connectivity index (χ3n) is 1.42. The van der Waals surface area contributed by atoms with E-state index < -0.39 is 10.1 Å². The number of hydrogen-bond donors (Lipinski definition) is 0. The largest absolute Gasteiger partial charge is 0.269 e. The van der Waals surface area contributed by atoms with Gasteiger partial charge < -0.3 is 0 Å². The van der Waals surface area contributed by atoms with E-state index in [4.69, 9.17) is 0 Å². The van der Waals surface area contributed by atoms with E-state index in [1.54, 1.807) is 17.9 Å². The second-order valence-corrected chi connectivity index (χ2v) is 5.34. The van der Waals surface area contributed by atoms with Gasteiger partial charge in [0.05, 0.1) is 21.7 Å². The maximum atomic E-state index is 10.7. The van der Waals surface area contributed by atoms with E-state index in [9.17, 15) is 8.42 Å². The van der Waals surface area contributed by atoms with E-state index in [0.717, 1.165) is 15.5 Å². The molecule has 0 spiro atoms. The molecule has 0 radical (unpaired) electrons. The summed E-state index contributed by atoms with van der Waals surface area (Å²) in [5, 5.41) is 3.95. The molecule has 1 aromatic heterocycles. The van der Waals surface area contributed by atoms with Gasteiger partial charge in [-0.3, -0.25) is 8.86 Å². The predicted molar refractivity (Wildman–Crippen MR) is 55.6 cm³/mol. The van der Waals surface area contributed by atoms with Crippen LogP contribution in [0.15, 0.2) is 6.20 Å². The molecule has 1 rings (SSSR count). The average molecular weight is 316 g/mol. The summed E-state index contributed by atoms with van der Waals surface area (Å²) in [5.41, 5.74) is 0.756. The molecule has 0 aromatic carbocycles. The van der Waals surface area contributed by atoms with E-state index in [1.807, 2.05) is 0 Å². The summed E-state index contributed by atoms with van der Waals surface area (Å²) < 4.78 is 28.5. The molecule has 74 valence electrons. The minimum Gasteiger partial charge on any atom is -0.269 e. The van der Waals surface area contributed by atoms with Crippen LogP contribution in [0.25, 0.3) is 0 Å². The van der Waals surface area contributed by atoms with E-state index in [0.29, 0.717) is 0 Å². The Bertz CT molecular complexity index is 379. The van der Waals surface area contributed by atoms with Gasteiger partial charge in [-0.05, 0) is 22.6 Å². The number of aromatic nitrogens is 2. The van der Waals surface area contributed by atoms with Crippen molar-refractivity contribution in [1.29, 1.82) is 0 Å². The van der Waals surface area contributed by atoms with E-state index in [1.165, 1.54) is 0 Å². The fraction of sp³-hybridized carbons (Fsp3) is 0.500. The number of halogens is 1. The standard InChI is InChI=1S/C6H9IN2O3S/c1-9-6(5(7)3-8-9)4-12-13(2,10)11/h3H,4H2,1-2H3. The van der Waals surface area contributed by atoms with Crippen LogP contribution >= 0.6 is 22.6 Å². The summed E-state index contributed by atoms with van der Waals surface area (Å²) in [6.45, 7) is 0.0353. The molecule has 13 heavy (non-hydrogen) atoms. The lowest BCUT2D eigenvalue weighted by Crippen LogP contribution is -2.07. The quantitative estimate of drug-likeness (QED) is 0.602. The summed E-state index contributed by atoms with van der Waals surface area (Å²) >= 11 is 2.07. The molecule has 0 aliphatic carbocycles. The monoisotopic (exact) mass is 316 g/mol. The summed E-state index contributed by atoms with van der Waals surface area (Å²) in [5.74, 6) is 0. The van der Waals surface area contributed by atoms with Gasteiger partial charge in [0, 0.05) is 7.05 Å². The Balaban J connectivity index is 2.75. The van der Waals surface area contributed by atoms with Crippen LogP contribution in [0.2, 0.25) is 0 Å². The molecule has 0 unspecified atom stereocenters.